The summed E-state index contributed by atoms with van der Waals surface area (Å²) < 4.78 is 48.3. The van der Waals surface area contributed by atoms with Crippen molar-refractivity contribution < 1.29 is 27.1 Å². The summed E-state index contributed by atoms with van der Waals surface area (Å²) in [7, 11) is 0. The van der Waals surface area contributed by atoms with Crippen molar-refractivity contribution in [1.82, 2.24) is 0 Å². The summed E-state index contributed by atoms with van der Waals surface area (Å²) in [5.74, 6) is -1.56. The summed E-state index contributed by atoms with van der Waals surface area (Å²) in [6.07, 6.45) is -4.98. The highest BCUT2D eigenvalue weighted by Gasteiger charge is 2.33. The molecule has 2 aromatic carbocycles. The van der Waals surface area contributed by atoms with E-state index in [0.717, 1.165) is 17.2 Å². The van der Waals surface area contributed by atoms with Gasteiger partial charge in [0, 0.05) is 17.5 Å². The van der Waals surface area contributed by atoms with Gasteiger partial charge < -0.3 is 20.2 Å². The Hall–Kier alpha value is -3.33. The van der Waals surface area contributed by atoms with Gasteiger partial charge in [0.25, 0.3) is 5.91 Å². The zero-order valence-corrected chi connectivity index (χ0v) is 20.5. The number of hydrogen-bond donors (Lipinski definition) is 2. The number of nitrogens with one attached hydrogen (secondary N) is 1. The minimum Gasteiger partial charge on any atom is -0.422 e. The molecule has 0 unspecified atom stereocenters. The molecule has 0 aliphatic rings. The van der Waals surface area contributed by atoms with Crippen LogP contribution in [0.1, 0.15) is 68.6 Å². The van der Waals surface area contributed by atoms with Crippen molar-refractivity contribution in [1.29, 1.82) is 0 Å². The first-order chi connectivity index (χ1) is 16.0. The van der Waals surface area contributed by atoms with Crippen LogP contribution in [-0.4, -0.2) is 12.3 Å². The fourth-order valence-electron chi connectivity index (χ4n) is 3.58. The van der Waals surface area contributed by atoms with Crippen molar-refractivity contribution in [2.45, 2.75) is 65.3 Å². The highest BCUT2D eigenvalue weighted by Crippen LogP contribution is 2.35. The van der Waals surface area contributed by atoms with Crippen LogP contribution in [0.25, 0.3) is 11.0 Å². The Morgan fingerprint density at radius 3 is 2.20 bits per heavy atom. The van der Waals surface area contributed by atoms with Crippen LogP contribution in [0.4, 0.5) is 18.9 Å². The molecule has 9 heteroatoms. The van der Waals surface area contributed by atoms with Gasteiger partial charge in [-0.2, -0.15) is 0 Å². The predicted octanol–water partition coefficient (Wildman–Crippen LogP) is 6.00. The lowest BCUT2D eigenvalue weighted by atomic mass is 9.79. The van der Waals surface area contributed by atoms with E-state index in [0.29, 0.717) is 16.5 Å². The average Bonchev–Trinajstić information content (AvgIpc) is 2.71. The molecule has 3 rings (SSSR count). The Kier molecular flexibility index (Phi) is 6.78. The fraction of sp³-hybridized carbons (Fsp3) is 0.385. The maximum absolute atomic E-state index is 13.0. The number of benzene rings is 2. The molecule has 0 aliphatic carbocycles. The molecule has 1 amide bonds. The second-order valence-corrected chi connectivity index (χ2v) is 10.4. The number of nitrogens with two attached hydrogens (primary N) is 1. The molecule has 1 aromatic heterocycles. The molecular formula is C26H29F3N2O4. The standard InChI is InChI=1S/C26H29F3N2O4/c1-24(2,3)16-10-15-11-17(23(33)34-21(15)18(12-16)25(4,5)6)22(32)31-19-8-7-14(13-30)9-20(19)35-26(27,28)29/h7-12H,13,30H2,1-6H3,(H,31,32). The summed E-state index contributed by atoms with van der Waals surface area (Å²) in [6, 6.07) is 9.01. The maximum Gasteiger partial charge on any atom is 0.573 e. The number of alkyl halides is 3. The molecule has 0 radical (unpaired) electrons. The van der Waals surface area contributed by atoms with Gasteiger partial charge in [-0.3, -0.25) is 4.79 Å². The van der Waals surface area contributed by atoms with Crippen LogP contribution >= 0.6 is 0 Å². The van der Waals surface area contributed by atoms with Gasteiger partial charge in [-0.05, 0) is 46.2 Å². The Morgan fingerprint density at radius 2 is 1.66 bits per heavy atom. The zero-order valence-electron chi connectivity index (χ0n) is 20.5. The summed E-state index contributed by atoms with van der Waals surface area (Å²) in [5.41, 5.74) is 5.95. The van der Waals surface area contributed by atoms with Crippen molar-refractivity contribution in [3.63, 3.8) is 0 Å². The Morgan fingerprint density at radius 1 is 1.00 bits per heavy atom. The van der Waals surface area contributed by atoms with Crippen molar-refractivity contribution >= 4 is 22.6 Å². The van der Waals surface area contributed by atoms with Gasteiger partial charge in [0.2, 0.25) is 0 Å². The first-order valence-corrected chi connectivity index (χ1v) is 11.0. The summed E-state index contributed by atoms with van der Waals surface area (Å²) >= 11 is 0. The third kappa shape index (κ3) is 6.03. The molecule has 0 saturated carbocycles. The molecule has 0 spiro atoms. The largest absolute Gasteiger partial charge is 0.573 e. The number of amides is 1. The smallest absolute Gasteiger partial charge is 0.422 e. The topological polar surface area (TPSA) is 94.6 Å². The van der Waals surface area contributed by atoms with E-state index in [1.165, 1.54) is 18.2 Å². The Bertz CT molecular complexity index is 1330. The molecule has 0 saturated heterocycles. The van der Waals surface area contributed by atoms with E-state index in [1.807, 2.05) is 53.7 Å². The monoisotopic (exact) mass is 490 g/mol. The summed E-state index contributed by atoms with van der Waals surface area (Å²) in [6.45, 7) is 12.1. The number of anilines is 1. The van der Waals surface area contributed by atoms with E-state index in [2.05, 4.69) is 10.1 Å². The van der Waals surface area contributed by atoms with Crippen LogP contribution in [0.5, 0.6) is 5.75 Å². The first-order valence-electron chi connectivity index (χ1n) is 11.0. The minimum atomic E-state index is -4.98. The summed E-state index contributed by atoms with van der Waals surface area (Å²) in [4.78, 5) is 25.8. The maximum atomic E-state index is 13.0. The van der Waals surface area contributed by atoms with Crippen LogP contribution in [0.2, 0.25) is 0 Å². The van der Waals surface area contributed by atoms with Gasteiger partial charge >= 0.3 is 12.0 Å². The molecule has 0 aliphatic heterocycles. The normalized spacial score (nSPS) is 12.6. The molecule has 3 N–H and O–H groups in total. The van der Waals surface area contributed by atoms with Gasteiger partial charge in [0.15, 0.2) is 5.75 Å². The van der Waals surface area contributed by atoms with Crippen LogP contribution in [0.3, 0.4) is 0 Å². The molecule has 188 valence electrons. The highest BCUT2D eigenvalue weighted by atomic mass is 19.4. The van der Waals surface area contributed by atoms with Crippen LogP contribution in [-0.2, 0) is 17.4 Å². The highest BCUT2D eigenvalue weighted by molar-refractivity contribution is 6.06. The van der Waals surface area contributed by atoms with E-state index >= 15 is 0 Å². The number of hydrogen-bond acceptors (Lipinski definition) is 5. The second-order valence-electron chi connectivity index (χ2n) is 10.4. The number of halogens is 3. The van der Waals surface area contributed by atoms with Crippen molar-refractivity contribution in [2.75, 3.05) is 5.32 Å². The van der Waals surface area contributed by atoms with E-state index in [9.17, 15) is 22.8 Å². The van der Waals surface area contributed by atoms with E-state index in [-0.39, 0.29) is 28.6 Å². The van der Waals surface area contributed by atoms with E-state index in [1.54, 1.807) is 0 Å². The molecule has 0 atom stereocenters. The van der Waals surface area contributed by atoms with Crippen molar-refractivity contribution in [3.05, 3.63) is 69.1 Å². The SMILES string of the molecule is CC(C)(C)c1cc(C(C)(C)C)c2oc(=O)c(C(=O)Nc3ccc(CN)cc3OC(F)(F)F)cc2c1. The minimum absolute atomic E-state index is 0.0249. The molecule has 6 nitrogen and oxygen atoms in total. The fourth-order valence-corrected chi connectivity index (χ4v) is 3.58. The number of carbonyl (C=O) groups is 1. The number of rotatable bonds is 4. The third-order valence-corrected chi connectivity index (χ3v) is 5.51. The van der Waals surface area contributed by atoms with Crippen LogP contribution < -0.4 is 21.4 Å². The molecule has 1 heterocycles. The first kappa shape index (κ1) is 26.3. The molecule has 35 heavy (non-hydrogen) atoms. The van der Waals surface area contributed by atoms with E-state index in [4.69, 9.17) is 10.2 Å². The number of fused-ring (bicyclic) bond motifs is 1. The lowest BCUT2D eigenvalue weighted by Crippen LogP contribution is -2.24. The van der Waals surface area contributed by atoms with Gasteiger partial charge in [0.05, 0.1) is 5.69 Å². The lowest BCUT2D eigenvalue weighted by molar-refractivity contribution is -0.274. The van der Waals surface area contributed by atoms with Crippen molar-refractivity contribution in [3.8, 4) is 5.75 Å². The summed E-state index contributed by atoms with van der Waals surface area (Å²) in [5, 5.41) is 2.87. The lowest BCUT2D eigenvalue weighted by Gasteiger charge is -2.26. The third-order valence-electron chi connectivity index (χ3n) is 5.51. The Balaban J connectivity index is 2.12. The van der Waals surface area contributed by atoms with Crippen LogP contribution in [0, 0.1) is 0 Å². The number of carbonyl (C=O) groups excluding carboxylic acids is 1. The van der Waals surface area contributed by atoms with Gasteiger partial charge in [-0.1, -0.05) is 53.7 Å². The zero-order chi connectivity index (χ0) is 26.3. The van der Waals surface area contributed by atoms with Crippen molar-refractivity contribution in [2.24, 2.45) is 5.73 Å². The predicted molar refractivity (Wildman–Crippen MR) is 129 cm³/mol. The second kappa shape index (κ2) is 9.03. The van der Waals surface area contributed by atoms with E-state index < -0.39 is 23.6 Å². The molecule has 3 aromatic rings. The van der Waals surface area contributed by atoms with Gasteiger partial charge in [-0.25, -0.2) is 4.79 Å². The van der Waals surface area contributed by atoms with Gasteiger partial charge in [0.1, 0.15) is 11.1 Å². The van der Waals surface area contributed by atoms with Gasteiger partial charge in [-0.15, -0.1) is 13.2 Å². The quantitative estimate of drug-likeness (QED) is 0.438. The average molecular weight is 491 g/mol. The van der Waals surface area contributed by atoms with Crippen LogP contribution in [0.15, 0.2) is 45.6 Å². The number of ether oxygens (including phenoxy) is 1. The molecule has 0 bridgehead atoms. The Labute approximate surface area is 201 Å². The molecular weight excluding hydrogens is 461 g/mol. The molecule has 0 fully saturated rings.